The summed E-state index contributed by atoms with van der Waals surface area (Å²) in [6, 6.07) is 0. The highest BCUT2D eigenvalue weighted by atomic mass is 35.5. The van der Waals surface area contributed by atoms with Crippen molar-refractivity contribution in [1.82, 2.24) is 5.32 Å². The van der Waals surface area contributed by atoms with Gasteiger partial charge in [-0.2, -0.15) is 0 Å². The van der Waals surface area contributed by atoms with E-state index in [2.05, 4.69) is 5.32 Å². The van der Waals surface area contributed by atoms with Gasteiger partial charge < -0.3 is 11.1 Å². The highest BCUT2D eigenvalue weighted by molar-refractivity contribution is 5.85. The fourth-order valence-electron chi connectivity index (χ4n) is 3.43. The lowest BCUT2D eigenvalue weighted by atomic mass is 9.82. The second-order valence-electron chi connectivity index (χ2n) is 6.41. The number of carbonyl (C=O) groups excluding carboxylic acids is 1. The van der Waals surface area contributed by atoms with Crippen molar-refractivity contribution in [3.8, 4) is 0 Å². The summed E-state index contributed by atoms with van der Waals surface area (Å²) < 4.78 is 0. The second-order valence-corrected chi connectivity index (χ2v) is 6.41. The zero-order valence-corrected chi connectivity index (χ0v) is 12.8. The Bertz CT molecular complexity index is 271. The molecule has 0 aromatic carbocycles. The van der Waals surface area contributed by atoms with Gasteiger partial charge in [0.1, 0.15) is 0 Å². The maximum atomic E-state index is 11.9. The molecule has 19 heavy (non-hydrogen) atoms. The predicted molar refractivity (Wildman–Crippen MR) is 81.5 cm³/mol. The van der Waals surface area contributed by atoms with Gasteiger partial charge in [0.2, 0.25) is 5.91 Å². The first kappa shape index (κ1) is 16.8. The highest BCUT2D eigenvalue weighted by Crippen LogP contribution is 2.27. The zero-order chi connectivity index (χ0) is 12.8. The van der Waals surface area contributed by atoms with E-state index in [1.165, 1.54) is 51.4 Å². The Kier molecular flexibility index (Phi) is 7.16. The van der Waals surface area contributed by atoms with E-state index in [0.717, 1.165) is 19.3 Å². The largest absolute Gasteiger partial charge is 0.354 e. The third-order valence-corrected chi connectivity index (χ3v) is 4.69. The summed E-state index contributed by atoms with van der Waals surface area (Å²) in [5.74, 6) is 0.844. The van der Waals surface area contributed by atoms with Crippen LogP contribution in [0.2, 0.25) is 0 Å². The van der Waals surface area contributed by atoms with E-state index in [9.17, 15) is 4.79 Å². The minimum absolute atomic E-state index is 0. The molecule has 2 aliphatic rings. The number of nitrogens with two attached hydrogens (primary N) is 1. The predicted octanol–water partition coefficient (Wildman–Crippen LogP) is 3.16. The van der Waals surface area contributed by atoms with Gasteiger partial charge in [-0.3, -0.25) is 4.79 Å². The maximum Gasteiger partial charge on any atom is 0.220 e. The number of hydrogen-bond acceptors (Lipinski definition) is 2. The number of nitrogens with one attached hydrogen (secondary N) is 1. The maximum absolute atomic E-state index is 11.9. The molecule has 2 saturated carbocycles. The standard InChI is InChI=1S/C15H28N2O.ClH/c16-15(9-5-2-6-10-15)12-17-14(18)11-13-7-3-1-4-8-13;/h13H,1-12,16H2,(H,17,18);1H. The molecule has 0 aromatic heterocycles. The SMILES string of the molecule is Cl.NC1(CNC(=O)CC2CCCCC2)CCCCC1. The molecule has 2 rings (SSSR count). The summed E-state index contributed by atoms with van der Waals surface area (Å²) in [4.78, 5) is 11.9. The molecule has 0 spiro atoms. The van der Waals surface area contributed by atoms with Crippen LogP contribution in [0.4, 0.5) is 0 Å². The quantitative estimate of drug-likeness (QED) is 0.835. The van der Waals surface area contributed by atoms with Gasteiger partial charge in [-0.05, 0) is 31.6 Å². The Morgan fingerprint density at radius 2 is 1.63 bits per heavy atom. The van der Waals surface area contributed by atoms with Crippen molar-refractivity contribution in [3.63, 3.8) is 0 Å². The van der Waals surface area contributed by atoms with E-state index in [1.807, 2.05) is 0 Å². The third kappa shape index (κ3) is 5.70. The van der Waals surface area contributed by atoms with Crippen LogP contribution in [-0.4, -0.2) is 18.0 Å². The molecular weight excluding hydrogens is 260 g/mol. The van der Waals surface area contributed by atoms with Gasteiger partial charge in [0.05, 0.1) is 0 Å². The molecule has 0 atom stereocenters. The lowest BCUT2D eigenvalue weighted by Gasteiger charge is -2.33. The Hall–Kier alpha value is -0.280. The van der Waals surface area contributed by atoms with Gasteiger partial charge in [-0.25, -0.2) is 0 Å². The van der Waals surface area contributed by atoms with Crippen LogP contribution in [0.25, 0.3) is 0 Å². The first-order valence-corrected chi connectivity index (χ1v) is 7.74. The fourth-order valence-corrected chi connectivity index (χ4v) is 3.43. The molecule has 0 unspecified atom stereocenters. The minimum atomic E-state index is -0.125. The van der Waals surface area contributed by atoms with Gasteiger partial charge in [-0.15, -0.1) is 12.4 Å². The Morgan fingerprint density at radius 3 is 2.26 bits per heavy atom. The number of rotatable bonds is 4. The van der Waals surface area contributed by atoms with Crippen molar-refractivity contribution in [2.45, 2.75) is 76.2 Å². The monoisotopic (exact) mass is 288 g/mol. The van der Waals surface area contributed by atoms with E-state index < -0.39 is 0 Å². The van der Waals surface area contributed by atoms with Crippen LogP contribution >= 0.6 is 12.4 Å². The van der Waals surface area contributed by atoms with Crippen molar-refractivity contribution in [3.05, 3.63) is 0 Å². The Morgan fingerprint density at radius 1 is 1.05 bits per heavy atom. The van der Waals surface area contributed by atoms with Crippen LogP contribution in [0, 0.1) is 5.92 Å². The number of carbonyl (C=O) groups is 1. The molecule has 0 aromatic rings. The van der Waals surface area contributed by atoms with E-state index in [4.69, 9.17) is 5.73 Å². The first-order chi connectivity index (χ1) is 8.68. The molecule has 0 bridgehead atoms. The topological polar surface area (TPSA) is 55.1 Å². The molecule has 1 amide bonds. The second kappa shape index (κ2) is 8.11. The van der Waals surface area contributed by atoms with E-state index in [-0.39, 0.29) is 23.9 Å². The van der Waals surface area contributed by atoms with E-state index in [0.29, 0.717) is 12.5 Å². The summed E-state index contributed by atoms with van der Waals surface area (Å²) in [5.41, 5.74) is 6.20. The van der Waals surface area contributed by atoms with Crippen molar-refractivity contribution in [2.75, 3.05) is 6.54 Å². The average Bonchev–Trinajstić information content (AvgIpc) is 2.39. The number of hydrogen-bond donors (Lipinski definition) is 2. The van der Waals surface area contributed by atoms with Gasteiger partial charge in [-0.1, -0.05) is 38.5 Å². The Balaban J connectivity index is 0.00000180. The molecule has 3 N–H and O–H groups in total. The third-order valence-electron chi connectivity index (χ3n) is 4.69. The van der Waals surface area contributed by atoms with E-state index in [1.54, 1.807) is 0 Å². The summed E-state index contributed by atoms with van der Waals surface area (Å²) in [6.07, 6.45) is 13.0. The molecule has 0 saturated heterocycles. The van der Waals surface area contributed by atoms with Crippen LogP contribution in [-0.2, 0) is 4.79 Å². The van der Waals surface area contributed by atoms with Gasteiger partial charge in [0.25, 0.3) is 0 Å². The fraction of sp³-hybridized carbons (Fsp3) is 0.933. The summed E-state index contributed by atoms with van der Waals surface area (Å²) in [6.45, 7) is 0.679. The van der Waals surface area contributed by atoms with Crippen LogP contribution < -0.4 is 11.1 Å². The normalized spacial score (nSPS) is 23.4. The molecule has 2 fully saturated rings. The molecule has 2 aliphatic carbocycles. The summed E-state index contributed by atoms with van der Waals surface area (Å²) in [7, 11) is 0. The van der Waals surface area contributed by atoms with Crippen LogP contribution in [0.5, 0.6) is 0 Å². The van der Waals surface area contributed by atoms with E-state index >= 15 is 0 Å². The molecule has 3 nitrogen and oxygen atoms in total. The lowest BCUT2D eigenvalue weighted by Crippen LogP contribution is -2.51. The van der Waals surface area contributed by atoms with Crippen LogP contribution in [0.1, 0.15) is 70.6 Å². The zero-order valence-electron chi connectivity index (χ0n) is 12.0. The van der Waals surface area contributed by atoms with Gasteiger partial charge in [0, 0.05) is 18.5 Å². The molecule has 112 valence electrons. The summed E-state index contributed by atoms with van der Waals surface area (Å²) >= 11 is 0. The molecular formula is C15H29ClN2O. The summed E-state index contributed by atoms with van der Waals surface area (Å²) in [5, 5.41) is 3.08. The average molecular weight is 289 g/mol. The number of halogens is 1. The first-order valence-electron chi connectivity index (χ1n) is 7.74. The smallest absolute Gasteiger partial charge is 0.220 e. The number of amides is 1. The lowest BCUT2D eigenvalue weighted by molar-refractivity contribution is -0.122. The minimum Gasteiger partial charge on any atom is -0.354 e. The molecule has 0 heterocycles. The molecule has 4 heteroatoms. The Labute approximate surface area is 123 Å². The molecule has 0 radical (unpaired) electrons. The molecule has 0 aliphatic heterocycles. The van der Waals surface area contributed by atoms with Crippen LogP contribution in [0.15, 0.2) is 0 Å². The highest BCUT2D eigenvalue weighted by Gasteiger charge is 2.28. The van der Waals surface area contributed by atoms with Crippen molar-refractivity contribution >= 4 is 18.3 Å². The van der Waals surface area contributed by atoms with Crippen molar-refractivity contribution in [2.24, 2.45) is 11.7 Å². The van der Waals surface area contributed by atoms with Crippen LogP contribution in [0.3, 0.4) is 0 Å². The van der Waals surface area contributed by atoms with Crippen molar-refractivity contribution in [1.29, 1.82) is 0 Å². The van der Waals surface area contributed by atoms with Crippen molar-refractivity contribution < 1.29 is 4.79 Å². The van der Waals surface area contributed by atoms with Gasteiger partial charge in [0.15, 0.2) is 0 Å². The van der Waals surface area contributed by atoms with Gasteiger partial charge >= 0.3 is 0 Å².